The second-order valence-corrected chi connectivity index (χ2v) is 6.02. The van der Waals surface area contributed by atoms with Crippen molar-refractivity contribution in [3.8, 4) is 0 Å². The monoisotopic (exact) mass is 248 g/mol. The molecule has 1 fully saturated rings. The van der Waals surface area contributed by atoms with Gasteiger partial charge in [0.2, 0.25) is 0 Å². The van der Waals surface area contributed by atoms with Crippen LogP contribution in [0, 0.1) is 0 Å². The van der Waals surface area contributed by atoms with Gasteiger partial charge in [0.15, 0.2) is 6.29 Å². The quantitative estimate of drug-likeness (QED) is 0.336. The Bertz CT molecular complexity index is 173. The average Bonchev–Trinajstić information content (AvgIpc) is 2.95. The van der Waals surface area contributed by atoms with Crippen LogP contribution in [0.5, 0.6) is 0 Å². The van der Waals surface area contributed by atoms with Crippen LogP contribution in [-0.4, -0.2) is 41.5 Å². The first-order valence-electron chi connectivity index (χ1n) is 6.28. The Kier molecular flexibility index (Phi) is 7.23. The Hall–Kier alpha value is 0.0569. The third-order valence-electron chi connectivity index (χ3n) is 2.48. The lowest BCUT2D eigenvalue weighted by atomic mass is 10.3. The smallest absolute Gasteiger partial charge is 0.321 e. The summed E-state index contributed by atoms with van der Waals surface area (Å²) < 4.78 is 21.8. The molecule has 96 valence electrons. The molecule has 1 heterocycles. The van der Waals surface area contributed by atoms with E-state index in [-0.39, 0.29) is 6.29 Å². The lowest BCUT2D eigenvalue weighted by molar-refractivity contribution is 0.0483. The minimum Gasteiger partial charge on any atom is -0.397 e. The highest BCUT2D eigenvalue weighted by atomic mass is 28.3. The van der Waals surface area contributed by atoms with Crippen LogP contribution in [0.2, 0.25) is 6.04 Å². The van der Waals surface area contributed by atoms with Crippen LogP contribution in [0.3, 0.4) is 0 Å². The molecule has 0 aromatic rings. The molecule has 0 radical (unpaired) electrons. The SMILES string of the molecule is CCO[SiH](CCCCOC1OC1C)OCC. The van der Waals surface area contributed by atoms with Crippen LogP contribution in [-0.2, 0) is 18.3 Å². The summed E-state index contributed by atoms with van der Waals surface area (Å²) in [6.07, 6.45) is 2.55. The topological polar surface area (TPSA) is 40.2 Å². The molecule has 2 unspecified atom stereocenters. The van der Waals surface area contributed by atoms with Crippen molar-refractivity contribution in [3.05, 3.63) is 0 Å². The van der Waals surface area contributed by atoms with Gasteiger partial charge < -0.3 is 18.3 Å². The Morgan fingerprint density at radius 2 is 1.75 bits per heavy atom. The van der Waals surface area contributed by atoms with Crippen molar-refractivity contribution < 1.29 is 18.3 Å². The molecule has 16 heavy (non-hydrogen) atoms. The molecule has 0 bridgehead atoms. The van der Waals surface area contributed by atoms with Crippen molar-refractivity contribution >= 4 is 9.28 Å². The molecule has 0 aromatic carbocycles. The fourth-order valence-corrected chi connectivity index (χ4v) is 3.34. The van der Waals surface area contributed by atoms with E-state index in [2.05, 4.69) is 0 Å². The number of hydrogen-bond donors (Lipinski definition) is 0. The van der Waals surface area contributed by atoms with E-state index in [0.29, 0.717) is 6.10 Å². The van der Waals surface area contributed by atoms with Gasteiger partial charge in [-0.05, 0) is 39.7 Å². The summed E-state index contributed by atoms with van der Waals surface area (Å²) in [6, 6.07) is 1.08. The van der Waals surface area contributed by atoms with E-state index < -0.39 is 9.28 Å². The first-order valence-corrected chi connectivity index (χ1v) is 8.04. The minimum absolute atomic E-state index is 0.0619. The Balaban J connectivity index is 1.90. The molecule has 5 heteroatoms. The first kappa shape index (κ1) is 14.1. The fraction of sp³-hybridized carbons (Fsp3) is 1.00. The van der Waals surface area contributed by atoms with E-state index in [1.165, 1.54) is 0 Å². The van der Waals surface area contributed by atoms with Gasteiger partial charge in [0, 0.05) is 19.8 Å². The molecule has 1 aliphatic heterocycles. The normalized spacial score (nSPS) is 24.0. The molecule has 0 spiro atoms. The molecule has 2 atom stereocenters. The molecule has 0 saturated carbocycles. The lowest BCUT2D eigenvalue weighted by Gasteiger charge is -2.14. The van der Waals surface area contributed by atoms with Crippen LogP contribution < -0.4 is 0 Å². The standard InChI is InChI=1S/C11H24O4Si/c1-4-13-16(14-5-2)9-7-6-8-12-11-10(3)15-11/h10-11,16H,4-9H2,1-3H3. The summed E-state index contributed by atoms with van der Waals surface area (Å²) in [5.74, 6) is 0. The maximum Gasteiger partial charge on any atom is 0.321 e. The average molecular weight is 248 g/mol. The highest BCUT2D eigenvalue weighted by Crippen LogP contribution is 2.22. The van der Waals surface area contributed by atoms with Gasteiger partial charge in [-0.1, -0.05) is 0 Å². The molecule has 0 N–H and O–H groups in total. The highest BCUT2D eigenvalue weighted by Gasteiger charge is 2.34. The van der Waals surface area contributed by atoms with Crippen LogP contribution in [0.4, 0.5) is 0 Å². The number of unbranched alkanes of at least 4 members (excludes halogenated alkanes) is 1. The van der Waals surface area contributed by atoms with Gasteiger partial charge in [-0.15, -0.1) is 0 Å². The van der Waals surface area contributed by atoms with E-state index in [0.717, 1.165) is 38.7 Å². The summed E-state index contributed by atoms with van der Waals surface area (Å²) in [5.41, 5.74) is 0. The molecule has 1 saturated heterocycles. The predicted molar refractivity (Wildman–Crippen MR) is 64.7 cm³/mol. The van der Waals surface area contributed by atoms with Crippen molar-refractivity contribution in [1.82, 2.24) is 0 Å². The Labute approximate surface area is 100 Å². The van der Waals surface area contributed by atoms with Crippen molar-refractivity contribution in [2.75, 3.05) is 19.8 Å². The van der Waals surface area contributed by atoms with E-state index in [1.54, 1.807) is 0 Å². The van der Waals surface area contributed by atoms with Crippen molar-refractivity contribution in [2.45, 2.75) is 52.1 Å². The number of rotatable bonds is 10. The molecular weight excluding hydrogens is 224 g/mol. The van der Waals surface area contributed by atoms with Gasteiger partial charge in [0.25, 0.3) is 0 Å². The Morgan fingerprint density at radius 3 is 2.25 bits per heavy atom. The molecular formula is C11H24O4Si. The Morgan fingerprint density at radius 1 is 1.12 bits per heavy atom. The van der Waals surface area contributed by atoms with Gasteiger partial charge in [0.05, 0.1) is 0 Å². The lowest BCUT2D eigenvalue weighted by Crippen LogP contribution is -2.22. The molecule has 0 aliphatic carbocycles. The summed E-state index contributed by atoms with van der Waals surface area (Å²) in [5, 5.41) is 0. The summed E-state index contributed by atoms with van der Waals surface area (Å²) >= 11 is 0. The van der Waals surface area contributed by atoms with Gasteiger partial charge in [-0.2, -0.15) is 0 Å². The van der Waals surface area contributed by atoms with Crippen molar-refractivity contribution in [2.24, 2.45) is 0 Å². The summed E-state index contributed by atoms with van der Waals surface area (Å²) in [6.45, 7) is 8.38. The maximum atomic E-state index is 5.59. The molecule has 0 amide bonds. The zero-order chi connectivity index (χ0) is 11.8. The molecule has 0 aromatic heterocycles. The van der Waals surface area contributed by atoms with E-state index in [9.17, 15) is 0 Å². The maximum absolute atomic E-state index is 5.59. The van der Waals surface area contributed by atoms with Gasteiger partial charge in [-0.25, -0.2) is 0 Å². The molecule has 1 aliphatic rings. The predicted octanol–water partition coefficient (Wildman–Crippen LogP) is 1.82. The first-order chi connectivity index (χ1) is 7.77. The fourth-order valence-electron chi connectivity index (χ4n) is 1.54. The van der Waals surface area contributed by atoms with E-state index in [1.807, 2.05) is 20.8 Å². The zero-order valence-corrected chi connectivity index (χ0v) is 11.8. The van der Waals surface area contributed by atoms with Crippen LogP contribution in [0.15, 0.2) is 0 Å². The van der Waals surface area contributed by atoms with E-state index in [4.69, 9.17) is 18.3 Å². The van der Waals surface area contributed by atoms with Gasteiger partial charge in [0.1, 0.15) is 6.10 Å². The zero-order valence-electron chi connectivity index (χ0n) is 10.6. The second kappa shape index (κ2) is 8.19. The van der Waals surface area contributed by atoms with Crippen LogP contribution >= 0.6 is 0 Å². The highest BCUT2D eigenvalue weighted by molar-refractivity contribution is 6.44. The summed E-state index contributed by atoms with van der Waals surface area (Å²) in [7, 11) is -1.38. The molecule has 4 nitrogen and oxygen atoms in total. The number of ether oxygens (including phenoxy) is 2. The van der Waals surface area contributed by atoms with Crippen molar-refractivity contribution in [1.29, 1.82) is 0 Å². The van der Waals surface area contributed by atoms with Crippen LogP contribution in [0.25, 0.3) is 0 Å². The van der Waals surface area contributed by atoms with Crippen LogP contribution in [0.1, 0.15) is 33.6 Å². The second-order valence-electron chi connectivity index (χ2n) is 3.92. The third-order valence-corrected chi connectivity index (χ3v) is 4.77. The van der Waals surface area contributed by atoms with E-state index >= 15 is 0 Å². The third kappa shape index (κ3) is 5.96. The van der Waals surface area contributed by atoms with Gasteiger partial charge in [-0.3, -0.25) is 0 Å². The van der Waals surface area contributed by atoms with Crippen molar-refractivity contribution in [3.63, 3.8) is 0 Å². The summed E-state index contributed by atoms with van der Waals surface area (Å²) in [4.78, 5) is 0. The number of hydrogen-bond acceptors (Lipinski definition) is 4. The number of epoxide rings is 1. The molecule has 1 rings (SSSR count). The minimum atomic E-state index is -1.38. The van der Waals surface area contributed by atoms with Gasteiger partial charge >= 0.3 is 9.28 Å². The largest absolute Gasteiger partial charge is 0.397 e.